The average molecular weight is 384 g/mol. The van der Waals surface area contributed by atoms with E-state index in [0.29, 0.717) is 11.1 Å². The van der Waals surface area contributed by atoms with Crippen molar-refractivity contribution in [1.29, 1.82) is 5.26 Å². The van der Waals surface area contributed by atoms with Gasteiger partial charge in [-0.2, -0.15) is 15.2 Å². The molecule has 0 aliphatic rings. The fraction of sp³-hybridized carbons (Fsp3) is 0.100. The van der Waals surface area contributed by atoms with Crippen LogP contribution in [0.2, 0.25) is 0 Å². The average Bonchev–Trinajstić information content (AvgIpc) is 3.32. The summed E-state index contributed by atoms with van der Waals surface area (Å²) in [6.07, 6.45) is 1.61. The normalized spacial score (nSPS) is 11.0. The third-order valence-corrected chi connectivity index (χ3v) is 4.35. The minimum atomic E-state index is -0.392. The van der Waals surface area contributed by atoms with Crippen molar-refractivity contribution < 1.29 is 4.79 Å². The first-order valence-corrected chi connectivity index (χ1v) is 8.82. The van der Waals surface area contributed by atoms with E-state index in [1.807, 2.05) is 31.2 Å². The van der Waals surface area contributed by atoms with Gasteiger partial charge in [0.25, 0.3) is 5.91 Å². The number of para-hydroxylation sites is 1. The molecule has 0 radical (unpaired) electrons. The number of aromatic amines is 1. The SMILES string of the molecule is Cc1[nH]c2ccccc2c1C=NNC(=O)Cn1nnc(-c2ccccc2C#N)n1. The zero-order valence-electron chi connectivity index (χ0n) is 15.5. The number of fused-ring (bicyclic) bond motifs is 1. The molecule has 1 amide bonds. The van der Waals surface area contributed by atoms with Gasteiger partial charge >= 0.3 is 0 Å². The van der Waals surface area contributed by atoms with Gasteiger partial charge in [0, 0.05) is 27.7 Å². The van der Waals surface area contributed by atoms with Gasteiger partial charge < -0.3 is 4.98 Å². The molecule has 29 heavy (non-hydrogen) atoms. The second-order valence-corrected chi connectivity index (χ2v) is 6.30. The van der Waals surface area contributed by atoms with Gasteiger partial charge in [-0.25, -0.2) is 5.43 Å². The minimum Gasteiger partial charge on any atom is -0.358 e. The molecule has 4 rings (SSSR count). The van der Waals surface area contributed by atoms with Gasteiger partial charge in [0.2, 0.25) is 5.82 Å². The summed E-state index contributed by atoms with van der Waals surface area (Å²) in [5.41, 5.74) is 6.36. The number of nitrogens with zero attached hydrogens (tertiary/aromatic N) is 6. The Morgan fingerprint density at radius 1 is 1.28 bits per heavy atom. The number of carbonyl (C=O) groups excluding carboxylic acids is 1. The third-order valence-electron chi connectivity index (χ3n) is 4.35. The molecular weight excluding hydrogens is 368 g/mol. The molecule has 0 fully saturated rings. The quantitative estimate of drug-likeness (QED) is 0.403. The molecule has 9 nitrogen and oxygen atoms in total. The van der Waals surface area contributed by atoms with Crippen LogP contribution >= 0.6 is 0 Å². The first kappa shape index (κ1) is 18.1. The Morgan fingerprint density at radius 2 is 2.07 bits per heavy atom. The van der Waals surface area contributed by atoms with Gasteiger partial charge in [0.1, 0.15) is 6.54 Å². The molecule has 0 saturated heterocycles. The van der Waals surface area contributed by atoms with Crippen LogP contribution in [-0.4, -0.2) is 37.3 Å². The van der Waals surface area contributed by atoms with Crippen molar-refractivity contribution in [1.82, 2.24) is 30.6 Å². The van der Waals surface area contributed by atoms with Gasteiger partial charge in [-0.3, -0.25) is 4.79 Å². The first-order valence-electron chi connectivity index (χ1n) is 8.82. The maximum Gasteiger partial charge on any atom is 0.263 e. The van der Waals surface area contributed by atoms with E-state index in [0.717, 1.165) is 27.0 Å². The van der Waals surface area contributed by atoms with Crippen molar-refractivity contribution >= 4 is 23.0 Å². The lowest BCUT2D eigenvalue weighted by Crippen LogP contribution is -2.24. The number of nitrogens with one attached hydrogen (secondary N) is 2. The van der Waals surface area contributed by atoms with E-state index < -0.39 is 5.91 Å². The molecule has 0 bridgehead atoms. The predicted molar refractivity (Wildman–Crippen MR) is 107 cm³/mol. The van der Waals surface area contributed by atoms with Crippen LogP contribution in [0.3, 0.4) is 0 Å². The summed E-state index contributed by atoms with van der Waals surface area (Å²) >= 11 is 0. The highest BCUT2D eigenvalue weighted by Crippen LogP contribution is 2.20. The lowest BCUT2D eigenvalue weighted by molar-refractivity contribution is -0.122. The number of hydrogen-bond donors (Lipinski definition) is 2. The highest BCUT2D eigenvalue weighted by Gasteiger charge is 2.12. The van der Waals surface area contributed by atoms with Gasteiger partial charge in [0.15, 0.2) is 0 Å². The maximum absolute atomic E-state index is 12.1. The smallest absolute Gasteiger partial charge is 0.263 e. The third kappa shape index (κ3) is 3.72. The number of hydrazone groups is 1. The summed E-state index contributed by atoms with van der Waals surface area (Å²) in [6.45, 7) is 1.80. The second kappa shape index (κ2) is 7.74. The molecule has 0 unspecified atom stereocenters. The van der Waals surface area contributed by atoms with Crippen LogP contribution in [-0.2, 0) is 11.3 Å². The number of carbonyl (C=O) groups is 1. The summed E-state index contributed by atoms with van der Waals surface area (Å²) < 4.78 is 0. The van der Waals surface area contributed by atoms with Crippen LogP contribution in [0.1, 0.15) is 16.8 Å². The number of nitriles is 1. The Labute approximate surface area is 165 Å². The fourth-order valence-electron chi connectivity index (χ4n) is 2.99. The molecule has 0 aliphatic carbocycles. The van der Waals surface area contributed by atoms with Crippen molar-refractivity contribution in [2.45, 2.75) is 13.5 Å². The zero-order chi connectivity index (χ0) is 20.2. The second-order valence-electron chi connectivity index (χ2n) is 6.30. The Kier molecular flexibility index (Phi) is 4.82. The van der Waals surface area contributed by atoms with Crippen LogP contribution in [0.4, 0.5) is 0 Å². The van der Waals surface area contributed by atoms with Gasteiger partial charge in [0.05, 0.1) is 17.8 Å². The molecule has 142 valence electrons. The van der Waals surface area contributed by atoms with Crippen molar-refractivity contribution in [2.75, 3.05) is 0 Å². The summed E-state index contributed by atoms with van der Waals surface area (Å²) in [6, 6.07) is 16.9. The molecule has 2 aromatic heterocycles. The Bertz CT molecular complexity index is 1260. The van der Waals surface area contributed by atoms with E-state index in [4.69, 9.17) is 0 Å². The fourth-order valence-corrected chi connectivity index (χ4v) is 2.99. The van der Waals surface area contributed by atoms with E-state index in [1.165, 1.54) is 0 Å². The topological polar surface area (TPSA) is 125 Å². The van der Waals surface area contributed by atoms with Crippen LogP contribution in [0.15, 0.2) is 53.6 Å². The van der Waals surface area contributed by atoms with E-state index in [1.54, 1.807) is 30.5 Å². The number of rotatable bonds is 5. The minimum absolute atomic E-state index is 0.147. The molecule has 0 saturated carbocycles. The zero-order valence-corrected chi connectivity index (χ0v) is 15.5. The maximum atomic E-state index is 12.1. The van der Waals surface area contributed by atoms with Crippen LogP contribution in [0, 0.1) is 18.3 Å². The Balaban J connectivity index is 1.43. The molecule has 2 aromatic carbocycles. The molecule has 9 heteroatoms. The lowest BCUT2D eigenvalue weighted by atomic mass is 10.1. The molecule has 0 atom stereocenters. The van der Waals surface area contributed by atoms with Crippen LogP contribution < -0.4 is 5.43 Å². The molecule has 2 N–H and O–H groups in total. The molecule has 0 aliphatic heterocycles. The Hall–Kier alpha value is -4.32. The summed E-state index contributed by atoms with van der Waals surface area (Å²) in [5.74, 6) is -0.107. The number of hydrogen-bond acceptors (Lipinski definition) is 6. The van der Waals surface area contributed by atoms with Crippen molar-refractivity contribution in [3.63, 3.8) is 0 Å². The van der Waals surface area contributed by atoms with Crippen molar-refractivity contribution in [3.8, 4) is 17.5 Å². The monoisotopic (exact) mass is 384 g/mol. The molecular formula is C20H16N8O. The summed E-state index contributed by atoms with van der Waals surface area (Å²) in [7, 11) is 0. The number of benzene rings is 2. The first-order chi connectivity index (χ1) is 14.2. The van der Waals surface area contributed by atoms with Gasteiger partial charge in [-0.05, 0) is 30.3 Å². The Morgan fingerprint density at radius 3 is 2.93 bits per heavy atom. The van der Waals surface area contributed by atoms with E-state index in [9.17, 15) is 10.1 Å². The van der Waals surface area contributed by atoms with Crippen LogP contribution in [0.25, 0.3) is 22.3 Å². The highest BCUT2D eigenvalue weighted by molar-refractivity contribution is 6.00. The largest absolute Gasteiger partial charge is 0.358 e. The molecule has 0 spiro atoms. The van der Waals surface area contributed by atoms with Gasteiger partial charge in [-0.1, -0.05) is 30.3 Å². The van der Waals surface area contributed by atoms with Crippen molar-refractivity contribution in [3.05, 3.63) is 65.4 Å². The van der Waals surface area contributed by atoms with Crippen molar-refractivity contribution in [2.24, 2.45) is 5.10 Å². The number of aryl methyl sites for hydroxylation is 1. The number of amides is 1. The van der Waals surface area contributed by atoms with E-state index >= 15 is 0 Å². The highest BCUT2D eigenvalue weighted by atomic mass is 16.2. The van der Waals surface area contributed by atoms with Gasteiger partial charge in [-0.15, -0.1) is 10.2 Å². The summed E-state index contributed by atoms with van der Waals surface area (Å²) in [4.78, 5) is 16.6. The molecule has 4 aromatic rings. The standard InChI is InChI=1S/C20H16N8O/c1-13-17(16-8-4-5-9-18(16)23-13)11-22-24-19(29)12-28-26-20(25-27-28)15-7-3-2-6-14(15)10-21/h2-9,11,23H,12H2,1H3,(H,24,29). The summed E-state index contributed by atoms with van der Waals surface area (Å²) in [5, 5.41) is 26.2. The van der Waals surface area contributed by atoms with E-state index in [2.05, 4.69) is 37.0 Å². The van der Waals surface area contributed by atoms with Crippen LogP contribution in [0.5, 0.6) is 0 Å². The van der Waals surface area contributed by atoms with E-state index in [-0.39, 0.29) is 12.4 Å². The molecule has 2 heterocycles. The number of aromatic nitrogens is 5. The lowest BCUT2D eigenvalue weighted by Gasteiger charge is -1.99. The number of H-pyrrole nitrogens is 1. The predicted octanol–water partition coefficient (Wildman–Crippen LogP) is 2.15. The number of tetrazole rings is 1.